The predicted octanol–water partition coefficient (Wildman–Crippen LogP) is 2.12. The number of carboxylic acids is 1. The van der Waals surface area contributed by atoms with Crippen molar-refractivity contribution in [3.05, 3.63) is 35.9 Å². The Labute approximate surface area is 148 Å². The lowest BCUT2D eigenvalue weighted by atomic mass is 10.00. The molecule has 1 fully saturated rings. The molecule has 0 saturated carbocycles. The molecule has 1 saturated heterocycles. The van der Waals surface area contributed by atoms with Gasteiger partial charge in [0.2, 0.25) is 11.8 Å². The Kier molecular flexibility index (Phi) is 6.23. The molecule has 142 valence electrons. The van der Waals surface area contributed by atoms with Crippen LogP contribution in [-0.4, -0.2) is 47.1 Å². The van der Waals surface area contributed by atoms with Gasteiger partial charge in [-0.05, 0) is 12.0 Å². The van der Waals surface area contributed by atoms with Crippen LogP contribution in [0.25, 0.3) is 0 Å². The van der Waals surface area contributed by atoms with Crippen molar-refractivity contribution in [2.75, 3.05) is 13.1 Å². The van der Waals surface area contributed by atoms with Gasteiger partial charge >= 0.3 is 12.1 Å². The Bertz CT molecular complexity index is 664. The number of hydrogen-bond acceptors (Lipinski definition) is 3. The van der Waals surface area contributed by atoms with Gasteiger partial charge in [0.1, 0.15) is 6.54 Å². The van der Waals surface area contributed by atoms with E-state index in [1.165, 1.54) is 0 Å². The van der Waals surface area contributed by atoms with E-state index in [0.717, 1.165) is 0 Å². The highest BCUT2D eigenvalue weighted by Crippen LogP contribution is 2.25. The van der Waals surface area contributed by atoms with Crippen molar-refractivity contribution in [2.45, 2.75) is 31.5 Å². The van der Waals surface area contributed by atoms with E-state index in [2.05, 4.69) is 5.32 Å². The highest BCUT2D eigenvalue weighted by atomic mass is 19.4. The van der Waals surface area contributed by atoms with Crippen LogP contribution in [0.4, 0.5) is 13.2 Å². The SMILES string of the molecule is O=C(O)CC[C@@H](NC(=O)[C@@H]1CC(=O)N(CC(F)(F)F)C1)c1ccccc1. The average Bonchev–Trinajstić information content (AvgIpc) is 2.91. The van der Waals surface area contributed by atoms with Crippen molar-refractivity contribution >= 4 is 17.8 Å². The number of carbonyl (C=O) groups excluding carboxylic acids is 2. The maximum atomic E-state index is 12.5. The standard InChI is InChI=1S/C17H19F3N2O4/c18-17(19,20)10-22-9-12(8-14(22)23)16(26)21-13(6-7-15(24)25)11-4-2-1-3-5-11/h1-5,12-13H,6-10H2,(H,21,26)(H,24,25)/t12-,13-/m1/s1. The van der Waals surface area contributed by atoms with Gasteiger partial charge in [0.05, 0.1) is 12.0 Å². The fourth-order valence-corrected chi connectivity index (χ4v) is 2.88. The maximum absolute atomic E-state index is 12.5. The number of carboxylic acid groups (broad SMARTS) is 1. The van der Waals surface area contributed by atoms with E-state index in [4.69, 9.17) is 5.11 Å². The summed E-state index contributed by atoms with van der Waals surface area (Å²) in [6.45, 7) is -1.68. The molecule has 1 aliphatic heterocycles. The Morgan fingerprint density at radius 3 is 2.50 bits per heavy atom. The van der Waals surface area contributed by atoms with Gasteiger partial charge in [-0.2, -0.15) is 13.2 Å². The van der Waals surface area contributed by atoms with Crippen molar-refractivity contribution in [3.8, 4) is 0 Å². The Morgan fingerprint density at radius 1 is 1.27 bits per heavy atom. The van der Waals surface area contributed by atoms with Crippen LogP contribution in [0.15, 0.2) is 30.3 Å². The fraction of sp³-hybridized carbons (Fsp3) is 0.471. The number of hydrogen-bond donors (Lipinski definition) is 2. The molecule has 1 aromatic carbocycles. The van der Waals surface area contributed by atoms with E-state index in [0.29, 0.717) is 10.5 Å². The average molecular weight is 372 g/mol. The molecule has 0 spiro atoms. The molecule has 1 aliphatic rings. The van der Waals surface area contributed by atoms with E-state index in [-0.39, 0.29) is 25.8 Å². The maximum Gasteiger partial charge on any atom is 0.406 e. The van der Waals surface area contributed by atoms with Crippen molar-refractivity contribution in [2.24, 2.45) is 5.92 Å². The number of amides is 2. The molecular formula is C17H19F3N2O4. The van der Waals surface area contributed by atoms with Crippen LogP contribution in [0.1, 0.15) is 30.9 Å². The zero-order valence-corrected chi connectivity index (χ0v) is 13.8. The zero-order chi connectivity index (χ0) is 19.3. The van der Waals surface area contributed by atoms with E-state index < -0.39 is 42.5 Å². The van der Waals surface area contributed by atoms with Crippen LogP contribution in [0.5, 0.6) is 0 Å². The Hall–Kier alpha value is -2.58. The molecular weight excluding hydrogens is 353 g/mol. The van der Waals surface area contributed by atoms with Gasteiger partial charge < -0.3 is 15.3 Å². The molecule has 2 N–H and O–H groups in total. The fourth-order valence-electron chi connectivity index (χ4n) is 2.88. The van der Waals surface area contributed by atoms with Gasteiger partial charge in [-0.3, -0.25) is 14.4 Å². The molecule has 0 aromatic heterocycles. The lowest BCUT2D eigenvalue weighted by Crippen LogP contribution is -2.38. The minimum atomic E-state index is -4.52. The summed E-state index contributed by atoms with van der Waals surface area (Å²) in [6.07, 6.45) is -4.85. The predicted molar refractivity (Wildman–Crippen MR) is 84.9 cm³/mol. The summed E-state index contributed by atoms with van der Waals surface area (Å²) < 4.78 is 37.4. The number of aliphatic carboxylic acids is 1. The highest BCUT2D eigenvalue weighted by Gasteiger charge is 2.40. The Morgan fingerprint density at radius 2 is 1.92 bits per heavy atom. The number of alkyl halides is 3. The van der Waals surface area contributed by atoms with Crippen molar-refractivity contribution in [1.29, 1.82) is 0 Å². The molecule has 26 heavy (non-hydrogen) atoms. The lowest BCUT2D eigenvalue weighted by molar-refractivity contribution is -0.157. The second-order valence-electron chi connectivity index (χ2n) is 6.19. The van der Waals surface area contributed by atoms with Gasteiger partial charge in [0, 0.05) is 19.4 Å². The van der Waals surface area contributed by atoms with Crippen molar-refractivity contribution in [1.82, 2.24) is 10.2 Å². The number of likely N-dealkylation sites (tertiary alicyclic amines) is 1. The number of nitrogens with zero attached hydrogens (tertiary/aromatic N) is 1. The van der Waals surface area contributed by atoms with Crippen LogP contribution >= 0.6 is 0 Å². The molecule has 0 radical (unpaired) electrons. The number of carbonyl (C=O) groups is 3. The number of halogens is 3. The quantitative estimate of drug-likeness (QED) is 0.768. The summed E-state index contributed by atoms with van der Waals surface area (Å²) in [6, 6.07) is 8.10. The summed E-state index contributed by atoms with van der Waals surface area (Å²) in [5.74, 6) is -3.18. The van der Waals surface area contributed by atoms with Crippen LogP contribution in [0.3, 0.4) is 0 Å². The first kappa shape index (κ1) is 19.7. The smallest absolute Gasteiger partial charge is 0.406 e. The largest absolute Gasteiger partial charge is 0.481 e. The first-order valence-corrected chi connectivity index (χ1v) is 8.07. The van der Waals surface area contributed by atoms with E-state index >= 15 is 0 Å². The third-order valence-electron chi connectivity index (χ3n) is 4.12. The summed E-state index contributed by atoms with van der Waals surface area (Å²) in [7, 11) is 0. The van der Waals surface area contributed by atoms with Gasteiger partial charge in [0.15, 0.2) is 0 Å². The molecule has 9 heteroatoms. The molecule has 0 aliphatic carbocycles. The van der Waals surface area contributed by atoms with Crippen LogP contribution in [0, 0.1) is 5.92 Å². The van der Waals surface area contributed by atoms with Gasteiger partial charge in [0.25, 0.3) is 0 Å². The van der Waals surface area contributed by atoms with E-state index in [1.54, 1.807) is 30.3 Å². The first-order valence-electron chi connectivity index (χ1n) is 8.07. The third-order valence-corrected chi connectivity index (χ3v) is 4.12. The van der Waals surface area contributed by atoms with E-state index in [9.17, 15) is 27.6 Å². The third kappa shape index (κ3) is 5.75. The summed E-state index contributed by atoms with van der Waals surface area (Å²) in [5, 5.41) is 11.5. The molecule has 1 aromatic rings. The molecule has 2 amide bonds. The van der Waals surface area contributed by atoms with Crippen LogP contribution in [0.2, 0.25) is 0 Å². The summed E-state index contributed by atoms with van der Waals surface area (Å²) in [5.41, 5.74) is 0.693. The molecule has 0 unspecified atom stereocenters. The minimum absolute atomic E-state index is 0.137. The molecule has 2 rings (SSSR count). The minimum Gasteiger partial charge on any atom is -0.481 e. The summed E-state index contributed by atoms with van der Waals surface area (Å²) >= 11 is 0. The number of rotatable bonds is 7. The number of nitrogens with one attached hydrogen (secondary N) is 1. The molecule has 1 heterocycles. The van der Waals surface area contributed by atoms with Gasteiger partial charge in [-0.25, -0.2) is 0 Å². The second kappa shape index (κ2) is 8.20. The van der Waals surface area contributed by atoms with Gasteiger partial charge in [-0.15, -0.1) is 0 Å². The van der Waals surface area contributed by atoms with Crippen LogP contribution in [-0.2, 0) is 14.4 Å². The zero-order valence-electron chi connectivity index (χ0n) is 13.8. The molecule has 6 nitrogen and oxygen atoms in total. The highest BCUT2D eigenvalue weighted by molar-refractivity contribution is 5.89. The second-order valence-corrected chi connectivity index (χ2v) is 6.19. The number of benzene rings is 1. The van der Waals surface area contributed by atoms with Crippen LogP contribution < -0.4 is 5.32 Å². The van der Waals surface area contributed by atoms with Gasteiger partial charge in [-0.1, -0.05) is 30.3 Å². The molecule has 0 bridgehead atoms. The Balaban J connectivity index is 2.03. The summed E-state index contributed by atoms with van der Waals surface area (Å²) in [4.78, 5) is 35.6. The van der Waals surface area contributed by atoms with E-state index in [1.807, 2.05) is 0 Å². The first-order chi connectivity index (χ1) is 12.2. The lowest BCUT2D eigenvalue weighted by Gasteiger charge is -2.21. The topological polar surface area (TPSA) is 86.7 Å². The normalized spacial score (nSPS) is 18.7. The monoisotopic (exact) mass is 372 g/mol. The van der Waals surface area contributed by atoms with Crippen molar-refractivity contribution < 1.29 is 32.7 Å². The molecule has 2 atom stereocenters. The van der Waals surface area contributed by atoms with Crippen molar-refractivity contribution in [3.63, 3.8) is 0 Å².